The second-order valence-corrected chi connectivity index (χ2v) is 5.61. The van der Waals surface area contributed by atoms with Gasteiger partial charge >= 0.3 is 0 Å². The fourth-order valence-electron chi connectivity index (χ4n) is 1.13. The molecule has 0 spiro atoms. The standard InChI is InChI=1S/C9H8ClNO3S/c1-14-9-3-2-7(4-8(9)5-11)6-15(10,12)13/h2-4H,6H2,1H3. The van der Waals surface area contributed by atoms with E-state index in [-0.39, 0.29) is 11.3 Å². The minimum absolute atomic E-state index is 0.287. The summed E-state index contributed by atoms with van der Waals surface area (Å²) in [6.45, 7) is 0. The van der Waals surface area contributed by atoms with Gasteiger partial charge in [-0.25, -0.2) is 8.42 Å². The normalized spacial score (nSPS) is 10.7. The average molecular weight is 246 g/mol. The minimum atomic E-state index is -3.60. The van der Waals surface area contributed by atoms with Crippen LogP contribution in [0.4, 0.5) is 0 Å². The molecule has 0 amide bonds. The van der Waals surface area contributed by atoms with Crippen LogP contribution in [-0.2, 0) is 14.8 Å². The van der Waals surface area contributed by atoms with Gasteiger partial charge in [0.15, 0.2) is 0 Å². The van der Waals surface area contributed by atoms with E-state index in [0.717, 1.165) is 0 Å². The SMILES string of the molecule is COc1ccc(CS(=O)(=O)Cl)cc1C#N. The van der Waals surface area contributed by atoms with Crippen molar-refractivity contribution < 1.29 is 13.2 Å². The predicted molar refractivity (Wildman–Crippen MR) is 56.2 cm³/mol. The Balaban J connectivity index is 3.10. The van der Waals surface area contributed by atoms with E-state index < -0.39 is 9.05 Å². The van der Waals surface area contributed by atoms with Crippen molar-refractivity contribution in [2.45, 2.75) is 5.75 Å². The maximum absolute atomic E-state index is 10.8. The number of halogens is 1. The third-order valence-corrected chi connectivity index (χ3v) is 2.73. The van der Waals surface area contributed by atoms with Gasteiger partial charge in [0, 0.05) is 10.7 Å². The molecular formula is C9H8ClNO3S. The molecule has 0 N–H and O–H groups in total. The fraction of sp³-hybridized carbons (Fsp3) is 0.222. The molecule has 4 nitrogen and oxygen atoms in total. The number of hydrogen-bond donors (Lipinski definition) is 0. The van der Waals surface area contributed by atoms with Crippen molar-refractivity contribution in [2.75, 3.05) is 7.11 Å². The van der Waals surface area contributed by atoms with Crippen LogP contribution in [0.2, 0.25) is 0 Å². The van der Waals surface area contributed by atoms with Crippen molar-refractivity contribution in [2.24, 2.45) is 0 Å². The monoisotopic (exact) mass is 245 g/mol. The molecular weight excluding hydrogens is 238 g/mol. The molecule has 0 fully saturated rings. The molecule has 1 aromatic carbocycles. The molecule has 0 saturated carbocycles. The summed E-state index contributed by atoms with van der Waals surface area (Å²) in [5, 5.41) is 8.76. The fourth-order valence-corrected chi connectivity index (χ4v) is 2.09. The van der Waals surface area contributed by atoms with Gasteiger partial charge in [0.05, 0.1) is 18.4 Å². The Morgan fingerprint density at radius 3 is 2.67 bits per heavy atom. The van der Waals surface area contributed by atoms with Gasteiger partial charge in [-0.3, -0.25) is 0 Å². The van der Waals surface area contributed by atoms with Crippen LogP contribution >= 0.6 is 10.7 Å². The highest BCUT2D eigenvalue weighted by molar-refractivity contribution is 8.13. The lowest BCUT2D eigenvalue weighted by Crippen LogP contribution is -1.96. The summed E-state index contributed by atoms with van der Waals surface area (Å²) in [6, 6.07) is 6.45. The van der Waals surface area contributed by atoms with Crippen molar-refractivity contribution >= 4 is 19.7 Å². The third-order valence-electron chi connectivity index (χ3n) is 1.72. The Labute approximate surface area is 92.5 Å². The molecule has 1 aromatic rings. The van der Waals surface area contributed by atoms with E-state index in [1.165, 1.54) is 19.2 Å². The van der Waals surface area contributed by atoms with Crippen LogP contribution in [0, 0.1) is 11.3 Å². The van der Waals surface area contributed by atoms with Crippen molar-refractivity contribution in [1.29, 1.82) is 5.26 Å². The van der Waals surface area contributed by atoms with E-state index in [1.54, 1.807) is 6.07 Å². The van der Waals surface area contributed by atoms with Gasteiger partial charge in [-0.1, -0.05) is 6.07 Å². The Morgan fingerprint density at radius 2 is 2.20 bits per heavy atom. The van der Waals surface area contributed by atoms with E-state index in [9.17, 15) is 8.42 Å². The maximum Gasteiger partial charge on any atom is 0.236 e. The summed E-state index contributed by atoms with van der Waals surface area (Å²) in [7, 11) is 2.93. The molecule has 0 aliphatic rings. The molecule has 0 heterocycles. The highest BCUT2D eigenvalue weighted by Gasteiger charge is 2.09. The van der Waals surface area contributed by atoms with Crippen LogP contribution < -0.4 is 4.74 Å². The van der Waals surface area contributed by atoms with E-state index in [0.29, 0.717) is 11.3 Å². The molecule has 80 valence electrons. The topological polar surface area (TPSA) is 67.2 Å². The highest BCUT2D eigenvalue weighted by atomic mass is 35.7. The molecule has 0 atom stereocenters. The molecule has 0 radical (unpaired) electrons. The van der Waals surface area contributed by atoms with E-state index in [4.69, 9.17) is 20.7 Å². The molecule has 0 aliphatic carbocycles. The first-order valence-corrected chi connectivity index (χ1v) is 6.43. The summed E-state index contributed by atoms with van der Waals surface area (Å²) in [5.41, 5.74) is 0.748. The van der Waals surface area contributed by atoms with Gasteiger partial charge in [0.25, 0.3) is 0 Å². The highest BCUT2D eigenvalue weighted by Crippen LogP contribution is 2.20. The lowest BCUT2D eigenvalue weighted by atomic mass is 10.1. The van der Waals surface area contributed by atoms with Crippen LogP contribution in [0.1, 0.15) is 11.1 Å². The molecule has 0 aliphatic heterocycles. The average Bonchev–Trinajstić information content (AvgIpc) is 2.15. The molecule has 6 heteroatoms. The number of benzene rings is 1. The van der Waals surface area contributed by atoms with Crippen molar-refractivity contribution in [1.82, 2.24) is 0 Å². The summed E-state index contributed by atoms with van der Waals surface area (Å²) in [5.74, 6) is 0.112. The quantitative estimate of drug-likeness (QED) is 0.759. The number of methoxy groups -OCH3 is 1. The van der Waals surface area contributed by atoms with Crippen LogP contribution in [0.3, 0.4) is 0 Å². The lowest BCUT2D eigenvalue weighted by Gasteiger charge is -2.04. The minimum Gasteiger partial charge on any atom is -0.495 e. The third kappa shape index (κ3) is 3.42. The first kappa shape index (κ1) is 11.8. The molecule has 0 unspecified atom stereocenters. The Bertz CT molecular complexity index is 505. The van der Waals surface area contributed by atoms with Gasteiger partial charge in [-0.05, 0) is 17.7 Å². The summed E-state index contributed by atoms with van der Waals surface area (Å²) in [6.07, 6.45) is 0. The maximum atomic E-state index is 10.8. The number of nitrogens with zero attached hydrogens (tertiary/aromatic N) is 1. The van der Waals surface area contributed by atoms with Crippen LogP contribution in [0.25, 0.3) is 0 Å². The Hall–Kier alpha value is -1.25. The number of hydrogen-bond acceptors (Lipinski definition) is 4. The molecule has 1 rings (SSSR count). The Kier molecular flexibility index (Phi) is 3.56. The van der Waals surface area contributed by atoms with Gasteiger partial charge < -0.3 is 4.74 Å². The first-order chi connectivity index (χ1) is 6.96. The van der Waals surface area contributed by atoms with Crippen molar-refractivity contribution in [3.63, 3.8) is 0 Å². The van der Waals surface area contributed by atoms with E-state index in [1.807, 2.05) is 6.07 Å². The van der Waals surface area contributed by atoms with E-state index in [2.05, 4.69) is 0 Å². The summed E-state index contributed by atoms with van der Waals surface area (Å²) in [4.78, 5) is 0. The molecule has 0 bridgehead atoms. The number of rotatable bonds is 3. The summed E-state index contributed by atoms with van der Waals surface area (Å²) < 4.78 is 26.5. The van der Waals surface area contributed by atoms with Gasteiger partial charge in [-0.15, -0.1) is 0 Å². The summed E-state index contributed by atoms with van der Waals surface area (Å²) >= 11 is 0. The smallest absolute Gasteiger partial charge is 0.236 e. The largest absolute Gasteiger partial charge is 0.495 e. The van der Waals surface area contributed by atoms with E-state index >= 15 is 0 Å². The molecule has 0 saturated heterocycles. The van der Waals surface area contributed by atoms with Crippen molar-refractivity contribution in [3.05, 3.63) is 29.3 Å². The zero-order chi connectivity index (χ0) is 11.5. The van der Waals surface area contributed by atoms with Crippen LogP contribution in [0.5, 0.6) is 5.75 Å². The van der Waals surface area contributed by atoms with Gasteiger partial charge in [-0.2, -0.15) is 5.26 Å². The first-order valence-electron chi connectivity index (χ1n) is 3.95. The predicted octanol–water partition coefficient (Wildman–Crippen LogP) is 1.64. The molecule has 0 aromatic heterocycles. The zero-order valence-electron chi connectivity index (χ0n) is 7.90. The van der Waals surface area contributed by atoms with Crippen LogP contribution in [0.15, 0.2) is 18.2 Å². The lowest BCUT2D eigenvalue weighted by molar-refractivity contribution is 0.413. The molecule has 15 heavy (non-hydrogen) atoms. The Morgan fingerprint density at radius 1 is 1.53 bits per heavy atom. The zero-order valence-corrected chi connectivity index (χ0v) is 9.47. The number of ether oxygens (including phenoxy) is 1. The second-order valence-electron chi connectivity index (χ2n) is 2.83. The van der Waals surface area contributed by atoms with Gasteiger partial charge in [0.2, 0.25) is 9.05 Å². The second kappa shape index (κ2) is 4.51. The van der Waals surface area contributed by atoms with Gasteiger partial charge in [0.1, 0.15) is 11.8 Å². The number of nitriles is 1. The van der Waals surface area contributed by atoms with Crippen molar-refractivity contribution in [3.8, 4) is 11.8 Å². The van der Waals surface area contributed by atoms with Crippen LogP contribution in [-0.4, -0.2) is 15.5 Å².